The molecule has 1 heterocycles. The van der Waals surface area contributed by atoms with Crippen molar-refractivity contribution in [2.45, 2.75) is 38.6 Å². The Labute approximate surface area is 98.1 Å². The number of rotatable bonds is 5. The van der Waals surface area contributed by atoms with Gasteiger partial charge in [-0.15, -0.1) is 0 Å². The molecule has 2 N–H and O–H groups in total. The third-order valence-corrected chi connectivity index (χ3v) is 3.37. The van der Waals surface area contributed by atoms with Crippen molar-refractivity contribution in [1.82, 2.24) is 10.6 Å². The van der Waals surface area contributed by atoms with Crippen LogP contribution in [0.15, 0.2) is 0 Å². The van der Waals surface area contributed by atoms with Crippen molar-refractivity contribution in [3.63, 3.8) is 0 Å². The fourth-order valence-electron chi connectivity index (χ4n) is 1.76. The molecule has 0 atom stereocenters. The minimum Gasteiger partial charge on any atom is -0.381 e. The molecule has 1 amide bonds. The van der Waals surface area contributed by atoms with Gasteiger partial charge in [0.2, 0.25) is 5.91 Å². The normalized spacial score (nSPS) is 18.4. The first kappa shape index (κ1) is 13.5. The Morgan fingerprint density at radius 2 is 2.00 bits per heavy atom. The van der Waals surface area contributed by atoms with E-state index in [1.165, 1.54) is 0 Å². The SMILES string of the molecule is CNC(C)(C)C(=O)NCCC1CCOCC1. The minimum atomic E-state index is -0.477. The molecule has 1 rings (SSSR count). The molecular formula is C12H24N2O2. The van der Waals surface area contributed by atoms with Crippen molar-refractivity contribution in [2.24, 2.45) is 5.92 Å². The molecule has 1 saturated heterocycles. The van der Waals surface area contributed by atoms with Gasteiger partial charge in [-0.3, -0.25) is 4.79 Å². The first-order valence-corrected chi connectivity index (χ1v) is 6.11. The quantitative estimate of drug-likeness (QED) is 0.735. The van der Waals surface area contributed by atoms with E-state index in [1.807, 2.05) is 13.8 Å². The van der Waals surface area contributed by atoms with Crippen LogP contribution in [0.25, 0.3) is 0 Å². The summed E-state index contributed by atoms with van der Waals surface area (Å²) < 4.78 is 5.30. The number of hydrogen-bond acceptors (Lipinski definition) is 3. The van der Waals surface area contributed by atoms with Crippen molar-refractivity contribution >= 4 is 5.91 Å². The Balaban J connectivity index is 2.17. The van der Waals surface area contributed by atoms with Gasteiger partial charge in [0, 0.05) is 19.8 Å². The van der Waals surface area contributed by atoms with Crippen LogP contribution < -0.4 is 10.6 Å². The Kier molecular flexibility index (Phi) is 5.22. The molecule has 0 bridgehead atoms. The van der Waals surface area contributed by atoms with Gasteiger partial charge in [0.05, 0.1) is 5.54 Å². The number of nitrogens with one attached hydrogen (secondary N) is 2. The number of carbonyl (C=O) groups is 1. The van der Waals surface area contributed by atoms with Crippen LogP contribution >= 0.6 is 0 Å². The molecule has 4 nitrogen and oxygen atoms in total. The van der Waals surface area contributed by atoms with Crippen LogP contribution in [0.3, 0.4) is 0 Å². The predicted octanol–water partition coefficient (Wildman–Crippen LogP) is 0.917. The third-order valence-electron chi connectivity index (χ3n) is 3.37. The van der Waals surface area contributed by atoms with Gasteiger partial charge in [0.1, 0.15) is 0 Å². The van der Waals surface area contributed by atoms with Crippen LogP contribution in [-0.4, -0.2) is 38.3 Å². The zero-order chi connectivity index (χ0) is 12.0. The molecule has 0 radical (unpaired) electrons. The average molecular weight is 228 g/mol. The number of ether oxygens (including phenoxy) is 1. The highest BCUT2D eigenvalue weighted by Crippen LogP contribution is 2.17. The van der Waals surface area contributed by atoms with E-state index in [1.54, 1.807) is 7.05 Å². The Morgan fingerprint density at radius 1 is 1.38 bits per heavy atom. The lowest BCUT2D eigenvalue weighted by Crippen LogP contribution is -2.51. The summed E-state index contributed by atoms with van der Waals surface area (Å²) in [6.07, 6.45) is 3.32. The highest BCUT2D eigenvalue weighted by atomic mass is 16.5. The molecule has 0 aromatic heterocycles. The van der Waals surface area contributed by atoms with E-state index in [4.69, 9.17) is 4.74 Å². The molecular weight excluding hydrogens is 204 g/mol. The summed E-state index contributed by atoms with van der Waals surface area (Å²) in [6, 6.07) is 0. The molecule has 0 spiro atoms. The molecule has 94 valence electrons. The summed E-state index contributed by atoms with van der Waals surface area (Å²) in [5.74, 6) is 0.786. The van der Waals surface area contributed by atoms with Crippen molar-refractivity contribution < 1.29 is 9.53 Å². The van der Waals surface area contributed by atoms with Crippen LogP contribution in [0.1, 0.15) is 33.1 Å². The fraction of sp³-hybridized carbons (Fsp3) is 0.917. The van der Waals surface area contributed by atoms with Gasteiger partial charge in [-0.05, 0) is 46.1 Å². The largest absolute Gasteiger partial charge is 0.381 e. The second kappa shape index (κ2) is 6.21. The Hall–Kier alpha value is -0.610. The predicted molar refractivity (Wildman–Crippen MR) is 64.3 cm³/mol. The Bertz CT molecular complexity index is 223. The van der Waals surface area contributed by atoms with Crippen LogP contribution in [0.5, 0.6) is 0 Å². The maximum Gasteiger partial charge on any atom is 0.239 e. The van der Waals surface area contributed by atoms with Gasteiger partial charge in [-0.25, -0.2) is 0 Å². The molecule has 1 fully saturated rings. The molecule has 0 unspecified atom stereocenters. The van der Waals surface area contributed by atoms with Gasteiger partial charge in [-0.1, -0.05) is 0 Å². The van der Waals surface area contributed by atoms with Crippen LogP contribution in [0, 0.1) is 5.92 Å². The van der Waals surface area contributed by atoms with Gasteiger partial charge in [0.25, 0.3) is 0 Å². The zero-order valence-electron chi connectivity index (χ0n) is 10.6. The number of hydrogen-bond donors (Lipinski definition) is 2. The molecule has 0 saturated carbocycles. The van der Waals surface area contributed by atoms with E-state index in [-0.39, 0.29) is 5.91 Å². The second-order valence-corrected chi connectivity index (χ2v) is 4.98. The number of carbonyl (C=O) groups excluding carboxylic acids is 1. The van der Waals surface area contributed by atoms with E-state index in [0.717, 1.165) is 39.0 Å². The first-order chi connectivity index (χ1) is 7.56. The number of amides is 1. The van der Waals surface area contributed by atoms with Gasteiger partial charge >= 0.3 is 0 Å². The van der Waals surface area contributed by atoms with E-state index < -0.39 is 5.54 Å². The average Bonchev–Trinajstić information content (AvgIpc) is 2.30. The summed E-state index contributed by atoms with van der Waals surface area (Å²) in [4.78, 5) is 11.7. The lowest BCUT2D eigenvalue weighted by Gasteiger charge is -2.25. The third kappa shape index (κ3) is 4.10. The highest BCUT2D eigenvalue weighted by Gasteiger charge is 2.24. The molecule has 1 aliphatic rings. The summed E-state index contributed by atoms with van der Waals surface area (Å²) in [5, 5.41) is 5.98. The zero-order valence-corrected chi connectivity index (χ0v) is 10.6. The van der Waals surface area contributed by atoms with Crippen molar-refractivity contribution in [2.75, 3.05) is 26.8 Å². The Morgan fingerprint density at radius 3 is 2.56 bits per heavy atom. The highest BCUT2D eigenvalue weighted by molar-refractivity contribution is 5.85. The van der Waals surface area contributed by atoms with Crippen molar-refractivity contribution in [3.05, 3.63) is 0 Å². The first-order valence-electron chi connectivity index (χ1n) is 6.11. The maximum absolute atomic E-state index is 11.7. The van der Waals surface area contributed by atoms with Crippen LogP contribution in [0.4, 0.5) is 0 Å². The van der Waals surface area contributed by atoms with Gasteiger partial charge in [0.15, 0.2) is 0 Å². The summed E-state index contributed by atoms with van der Waals surface area (Å²) in [6.45, 7) is 6.30. The molecule has 0 aliphatic carbocycles. The molecule has 4 heteroatoms. The molecule has 0 aromatic carbocycles. The smallest absolute Gasteiger partial charge is 0.239 e. The van der Waals surface area contributed by atoms with Gasteiger partial charge < -0.3 is 15.4 Å². The monoisotopic (exact) mass is 228 g/mol. The van der Waals surface area contributed by atoms with Crippen LogP contribution in [0.2, 0.25) is 0 Å². The topological polar surface area (TPSA) is 50.4 Å². The molecule has 16 heavy (non-hydrogen) atoms. The summed E-state index contributed by atoms with van der Waals surface area (Å²) in [7, 11) is 1.80. The van der Waals surface area contributed by atoms with E-state index in [2.05, 4.69) is 10.6 Å². The van der Waals surface area contributed by atoms with E-state index >= 15 is 0 Å². The van der Waals surface area contributed by atoms with Crippen molar-refractivity contribution in [1.29, 1.82) is 0 Å². The standard InChI is InChI=1S/C12H24N2O2/c1-12(2,13-3)11(15)14-7-4-10-5-8-16-9-6-10/h10,13H,4-9H2,1-3H3,(H,14,15). The molecule has 1 aliphatic heterocycles. The second-order valence-electron chi connectivity index (χ2n) is 4.98. The molecule has 0 aromatic rings. The van der Waals surface area contributed by atoms with E-state index in [0.29, 0.717) is 5.92 Å². The summed E-state index contributed by atoms with van der Waals surface area (Å²) in [5.41, 5.74) is -0.477. The fourth-order valence-corrected chi connectivity index (χ4v) is 1.76. The van der Waals surface area contributed by atoms with Gasteiger partial charge in [-0.2, -0.15) is 0 Å². The number of likely N-dealkylation sites (N-methyl/N-ethyl adjacent to an activating group) is 1. The lowest BCUT2D eigenvalue weighted by atomic mass is 9.96. The lowest BCUT2D eigenvalue weighted by molar-refractivity contribution is -0.126. The van der Waals surface area contributed by atoms with Crippen molar-refractivity contribution in [3.8, 4) is 0 Å². The minimum absolute atomic E-state index is 0.0714. The summed E-state index contributed by atoms with van der Waals surface area (Å²) >= 11 is 0. The maximum atomic E-state index is 11.7. The van der Waals surface area contributed by atoms with E-state index in [9.17, 15) is 4.79 Å². The van der Waals surface area contributed by atoms with Crippen LogP contribution in [-0.2, 0) is 9.53 Å².